The van der Waals surface area contributed by atoms with Crippen LogP contribution in [-0.2, 0) is 4.79 Å². The van der Waals surface area contributed by atoms with Crippen molar-refractivity contribution in [2.45, 2.75) is 19.3 Å². The predicted octanol–water partition coefficient (Wildman–Crippen LogP) is 6.04. The second-order valence-electron chi connectivity index (χ2n) is 8.71. The van der Waals surface area contributed by atoms with Gasteiger partial charge in [0.15, 0.2) is 5.78 Å². The van der Waals surface area contributed by atoms with E-state index in [1.54, 1.807) is 36.4 Å². The Bertz CT molecular complexity index is 1390. The SMILES string of the molecule is CC(=O)c1ccc(NC(=O)c2ccc([C@@H]3C[C@H]3C(=O)Nc3ccc4ccccc4c3)cc2)cc1. The lowest BCUT2D eigenvalue weighted by molar-refractivity contribution is -0.117. The number of nitrogens with one attached hydrogen (secondary N) is 2. The zero-order valence-electron chi connectivity index (χ0n) is 18.7. The van der Waals surface area contributed by atoms with Crippen LogP contribution in [-0.4, -0.2) is 17.6 Å². The maximum Gasteiger partial charge on any atom is 0.255 e. The van der Waals surface area contributed by atoms with E-state index in [1.807, 2.05) is 54.6 Å². The third-order valence-corrected chi connectivity index (χ3v) is 6.29. The molecule has 0 aliphatic heterocycles. The predicted molar refractivity (Wildman–Crippen MR) is 134 cm³/mol. The van der Waals surface area contributed by atoms with E-state index in [1.165, 1.54) is 6.92 Å². The highest BCUT2D eigenvalue weighted by Gasteiger charge is 2.43. The third kappa shape index (κ3) is 4.59. The highest BCUT2D eigenvalue weighted by atomic mass is 16.2. The Labute approximate surface area is 197 Å². The molecule has 2 atom stereocenters. The van der Waals surface area contributed by atoms with Crippen molar-refractivity contribution in [2.24, 2.45) is 5.92 Å². The van der Waals surface area contributed by atoms with E-state index in [0.717, 1.165) is 28.4 Å². The smallest absolute Gasteiger partial charge is 0.255 e. The lowest BCUT2D eigenvalue weighted by Crippen LogP contribution is -2.14. The van der Waals surface area contributed by atoms with Gasteiger partial charge in [-0.2, -0.15) is 0 Å². The fraction of sp³-hybridized carbons (Fsp3) is 0.138. The molecular formula is C29H24N2O3. The Balaban J connectivity index is 1.19. The number of benzene rings is 4. The third-order valence-electron chi connectivity index (χ3n) is 6.29. The van der Waals surface area contributed by atoms with E-state index in [9.17, 15) is 14.4 Å². The number of anilines is 2. The van der Waals surface area contributed by atoms with Crippen LogP contribution < -0.4 is 10.6 Å². The van der Waals surface area contributed by atoms with Crippen molar-refractivity contribution in [3.8, 4) is 0 Å². The maximum absolute atomic E-state index is 12.7. The first-order valence-electron chi connectivity index (χ1n) is 11.3. The molecule has 0 aromatic heterocycles. The highest BCUT2D eigenvalue weighted by molar-refractivity contribution is 6.04. The van der Waals surface area contributed by atoms with Gasteiger partial charge in [-0.05, 0) is 84.1 Å². The summed E-state index contributed by atoms with van der Waals surface area (Å²) in [6.45, 7) is 1.51. The molecule has 0 spiro atoms. The average Bonchev–Trinajstić information content (AvgIpc) is 3.66. The van der Waals surface area contributed by atoms with Gasteiger partial charge in [0, 0.05) is 28.4 Å². The zero-order valence-corrected chi connectivity index (χ0v) is 18.7. The Morgan fingerprint density at radius 1 is 0.706 bits per heavy atom. The second kappa shape index (κ2) is 8.94. The van der Waals surface area contributed by atoms with Gasteiger partial charge in [-0.15, -0.1) is 0 Å². The summed E-state index contributed by atoms with van der Waals surface area (Å²) in [4.78, 5) is 36.7. The molecule has 34 heavy (non-hydrogen) atoms. The van der Waals surface area contributed by atoms with E-state index in [-0.39, 0.29) is 29.4 Å². The quantitative estimate of drug-likeness (QED) is 0.353. The molecule has 4 aromatic rings. The van der Waals surface area contributed by atoms with Gasteiger partial charge in [0.05, 0.1) is 0 Å². The minimum Gasteiger partial charge on any atom is -0.326 e. The minimum atomic E-state index is -0.219. The van der Waals surface area contributed by atoms with Crippen LogP contribution in [0.4, 0.5) is 11.4 Å². The Kier molecular flexibility index (Phi) is 5.68. The molecule has 0 saturated heterocycles. The van der Waals surface area contributed by atoms with E-state index >= 15 is 0 Å². The van der Waals surface area contributed by atoms with Gasteiger partial charge in [-0.3, -0.25) is 14.4 Å². The Hall–Kier alpha value is -4.25. The molecule has 0 unspecified atom stereocenters. The lowest BCUT2D eigenvalue weighted by atomic mass is 10.1. The summed E-state index contributed by atoms with van der Waals surface area (Å²) in [5.41, 5.74) is 3.63. The maximum atomic E-state index is 12.7. The molecule has 1 saturated carbocycles. The Morgan fingerprint density at radius 3 is 2.06 bits per heavy atom. The summed E-state index contributed by atoms with van der Waals surface area (Å²) >= 11 is 0. The number of fused-ring (bicyclic) bond motifs is 1. The van der Waals surface area contributed by atoms with E-state index in [2.05, 4.69) is 10.6 Å². The van der Waals surface area contributed by atoms with Crippen LogP contribution in [0.2, 0.25) is 0 Å². The number of amides is 2. The van der Waals surface area contributed by atoms with Crippen molar-refractivity contribution in [3.63, 3.8) is 0 Å². The Morgan fingerprint density at radius 2 is 1.35 bits per heavy atom. The molecule has 1 aliphatic carbocycles. The van der Waals surface area contributed by atoms with Crippen molar-refractivity contribution < 1.29 is 14.4 Å². The van der Waals surface area contributed by atoms with Crippen LogP contribution in [0.1, 0.15) is 45.5 Å². The van der Waals surface area contributed by atoms with Crippen LogP contribution in [0.25, 0.3) is 10.8 Å². The molecular weight excluding hydrogens is 424 g/mol. The highest BCUT2D eigenvalue weighted by Crippen LogP contribution is 2.48. The summed E-state index contributed by atoms with van der Waals surface area (Å²) in [5.74, 6) is -0.111. The van der Waals surface area contributed by atoms with Crippen LogP contribution >= 0.6 is 0 Å². The first-order chi connectivity index (χ1) is 16.5. The molecule has 5 heteroatoms. The number of rotatable bonds is 6. The molecule has 0 bridgehead atoms. The number of carbonyl (C=O) groups is 3. The largest absolute Gasteiger partial charge is 0.326 e. The molecule has 1 fully saturated rings. The molecule has 5 rings (SSSR count). The molecule has 0 heterocycles. The van der Waals surface area contributed by atoms with Crippen molar-refractivity contribution in [3.05, 3.63) is 108 Å². The number of Topliss-reactive ketones (excluding diaryl/α,β-unsaturated/α-hetero) is 1. The fourth-order valence-electron chi connectivity index (χ4n) is 4.23. The summed E-state index contributed by atoms with van der Waals surface area (Å²) in [6.07, 6.45) is 0.799. The minimum absolute atomic E-state index is 0.0159. The van der Waals surface area contributed by atoms with Gasteiger partial charge in [-0.1, -0.05) is 42.5 Å². The summed E-state index contributed by atoms with van der Waals surface area (Å²) in [6, 6.07) is 28.2. The monoisotopic (exact) mass is 448 g/mol. The van der Waals surface area contributed by atoms with E-state index in [0.29, 0.717) is 16.8 Å². The van der Waals surface area contributed by atoms with Crippen LogP contribution in [0.5, 0.6) is 0 Å². The van der Waals surface area contributed by atoms with Gasteiger partial charge in [0.1, 0.15) is 0 Å². The average molecular weight is 449 g/mol. The summed E-state index contributed by atoms with van der Waals surface area (Å²) in [5, 5.41) is 8.12. The first kappa shape index (κ1) is 21.6. The van der Waals surface area contributed by atoms with Crippen LogP contribution in [0.3, 0.4) is 0 Å². The van der Waals surface area contributed by atoms with Gasteiger partial charge < -0.3 is 10.6 Å². The molecule has 2 amide bonds. The van der Waals surface area contributed by atoms with Gasteiger partial charge in [-0.25, -0.2) is 0 Å². The lowest BCUT2D eigenvalue weighted by Gasteiger charge is -2.08. The van der Waals surface area contributed by atoms with Crippen LogP contribution in [0.15, 0.2) is 91.0 Å². The normalized spacial score (nSPS) is 16.6. The first-order valence-corrected chi connectivity index (χ1v) is 11.3. The molecule has 5 nitrogen and oxygen atoms in total. The standard InChI is InChI=1S/C29H24N2O3/c1-18(32)19-10-13-24(14-11-19)30-28(33)22-8-6-21(7-9-22)26-17-27(26)29(34)31-25-15-12-20-4-2-3-5-23(20)16-25/h2-16,26-27H,17H2,1H3,(H,30,33)(H,31,34)/t26-,27+/m0/s1. The molecule has 2 N–H and O–H groups in total. The summed E-state index contributed by atoms with van der Waals surface area (Å²) < 4.78 is 0. The fourth-order valence-corrected chi connectivity index (χ4v) is 4.23. The van der Waals surface area contributed by atoms with E-state index in [4.69, 9.17) is 0 Å². The number of ketones is 1. The second-order valence-corrected chi connectivity index (χ2v) is 8.71. The number of hydrogen-bond donors (Lipinski definition) is 2. The zero-order chi connectivity index (χ0) is 23.7. The number of hydrogen-bond acceptors (Lipinski definition) is 3. The number of carbonyl (C=O) groups excluding carboxylic acids is 3. The van der Waals surface area contributed by atoms with Gasteiger partial charge >= 0.3 is 0 Å². The molecule has 168 valence electrons. The molecule has 4 aromatic carbocycles. The molecule has 0 radical (unpaired) electrons. The summed E-state index contributed by atoms with van der Waals surface area (Å²) in [7, 11) is 0. The molecule has 1 aliphatic rings. The van der Waals surface area contributed by atoms with Gasteiger partial charge in [0.25, 0.3) is 5.91 Å². The van der Waals surface area contributed by atoms with Crippen molar-refractivity contribution in [2.75, 3.05) is 10.6 Å². The topological polar surface area (TPSA) is 75.3 Å². The van der Waals surface area contributed by atoms with Crippen LogP contribution in [0, 0.1) is 5.92 Å². The van der Waals surface area contributed by atoms with Crippen molar-refractivity contribution in [1.29, 1.82) is 0 Å². The van der Waals surface area contributed by atoms with Gasteiger partial charge in [0.2, 0.25) is 5.91 Å². The van der Waals surface area contributed by atoms with Crippen molar-refractivity contribution in [1.82, 2.24) is 0 Å². The van der Waals surface area contributed by atoms with Crippen molar-refractivity contribution >= 4 is 39.7 Å². The van der Waals surface area contributed by atoms with E-state index < -0.39 is 0 Å².